The van der Waals surface area contributed by atoms with Crippen LogP contribution in [0.1, 0.15) is 49.3 Å². The van der Waals surface area contributed by atoms with Crippen LogP contribution in [0, 0.1) is 0 Å². The number of thiophene rings is 1. The smallest absolute Gasteiger partial charge is 0.412 e. The molecule has 3 rings (SSSR count). The first-order valence-corrected chi connectivity index (χ1v) is 13.6. The van der Waals surface area contributed by atoms with Crippen LogP contribution in [0.5, 0.6) is 5.75 Å². The number of pyridine rings is 1. The molecule has 0 radical (unpaired) electrons. The first kappa shape index (κ1) is 30.4. The molecular formula is C28H36N6O5S. The lowest BCUT2D eigenvalue weighted by molar-refractivity contribution is 0.0635. The zero-order valence-corrected chi connectivity index (χ0v) is 24.3. The molecule has 0 bridgehead atoms. The van der Waals surface area contributed by atoms with Crippen molar-refractivity contribution in [2.45, 2.75) is 38.8 Å². The predicted octanol–water partition coefficient (Wildman–Crippen LogP) is 5.57. The molecule has 12 heteroatoms. The monoisotopic (exact) mass is 568 g/mol. The number of urea groups is 1. The van der Waals surface area contributed by atoms with E-state index >= 15 is 0 Å². The number of rotatable bonds is 10. The van der Waals surface area contributed by atoms with Crippen molar-refractivity contribution in [1.29, 1.82) is 0 Å². The maximum atomic E-state index is 12.9. The van der Waals surface area contributed by atoms with Crippen molar-refractivity contribution in [3.05, 3.63) is 64.6 Å². The molecule has 0 saturated carbocycles. The SMILES string of the molecule is COc1cccc(NC(=O)NC(CCN(C)C)c2ccc(C(=O)Nc3cscc3NC(=O)OC(C)(C)C)nc2)c1. The summed E-state index contributed by atoms with van der Waals surface area (Å²) in [5.74, 6) is 0.195. The molecule has 3 aromatic rings. The third-order valence-corrected chi connectivity index (χ3v) is 6.21. The van der Waals surface area contributed by atoms with Gasteiger partial charge in [0.25, 0.3) is 5.91 Å². The molecule has 0 saturated heterocycles. The van der Waals surface area contributed by atoms with Crippen LogP contribution in [0.25, 0.3) is 0 Å². The normalized spacial score (nSPS) is 11.9. The van der Waals surface area contributed by atoms with Gasteiger partial charge < -0.3 is 30.3 Å². The number of methoxy groups -OCH3 is 1. The lowest BCUT2D eigenvalue weighted by Crippen LogP contribution is -2.34. The number of benzene rings is 1. The molecule has 40 heavy (non-hydrogen) atoms. The lowest BCUT2D eigenvalue weighted by Gasteiger charge is -2.21. The summed E-state index contributed by atoms with van der Waals surface area (Å²) in [6, 6.07) is 9.73. The first-order chi connectivity index (χ1) is 18.9. The van der Waals surface area contributed by atoms with Crippen molar-refractivity contribution in [2.75, 3.05) is 43.7 Å². The number of nitrogens with one attached hydrogen (secondary N) is 4. The second-order valence-corrected chi connectivity index (χ2v) is 11.0. The molecule has 0 aliphatic heterocycles. The minimum atomic E-state index is -0.649. The van der Waals surface area contributed by atoms with Crippen molar-refractivity contribution in [2.24, 2.45) is 0 Å². The van der Waals surface area contributed by atoms with Crippen LogP contribution in [0.15, 0.2) is 53.4 Å². The van der Waals surface area contributed by atoms with Crippen LogP contribution in [0.2, 0.25) is 0 Å². The van der Waals surface area contributed by atoms with Crippen molar-refractivity contribution >= 4 is 46.4 Å². The first-order valence-electron chi connectivity index (χ1n) is 12.6. The molecule has 1 aromatic carbocycles. The molecule has 0 aliphatic rings. The van der Waals surface area contributed by atoms with Crippen molar-refractivity contribution < 1.29 is 23.9 Å². The Labute approximate surface area is 238 Å². The summed E-state index contributed by atoms with van der Waals surface area (Å²) in [6.45, 7) is 6.03. The number of ether oxygens (including phenoxy) is 2. The fraction of sp³-hybridized carbons (Fsp3) is 0.357. The van der Waals surface area contributed by atoms with Crippen LogP contribution in [0.3, 0.4) is 0 Å². The van der Waals surface area contributed by atoms with Crippen molar-refractivity contribution in [3.63, 3.8) is 0 Å². The molecule has 4 amide bonds. The van der Waals surface area contributed by atoms with Gasteiger partial charge in [-0.15, -0.1) is 11.3 Å². The Balaban J connectivity index is 1.67. The maximum absolute atomic E-state index is 12.9. The largest absolute Gasteiger partial charge is 0.497 e. The van der Waals surface area contributed by atoms with Crippen LogP contribution < -0.4 is 26.0 Å². The Morgan fingerprint density at radius 2 is 1.75 bits per heavy atom. The molecule has 1 atom stereocenters. The fourth-order valence-electron chi connectivity index (χ4n) is 3.57. The molecule has 11 nitrogen and oxygen atoms in total. The Morgan fingerprint density at radius 1 is 1.02 bits per heavy atom. The second-order valence-electron chi connectivity index (χ2n) is 10.2. The Hall–Kier alpha value is -4.16. The highest BCUT2D eigenvalue weighted by molar-refractivity contribution is 7.09. The molecule has 2 aromatic heterocycles. The van der Waals surface area contributed by atoms with Gasteiger partial charge in [-0.25, -0.2) is 9.59 Å². The summed E-state index contributed by atoms with van der Waals surface area (Å²) in [5, 5.41) is 14.7. The van der Waals surface area contributed by atoms with E-state index in [2.05, 4.69) is 26.3 Å². The number of carbonyl (C=O) groups is 3. The van der Waals surface area contributed by atoms with E-state index in [-0.39, 0.29) is 17.8 Å². The van der Waals surface area contributed by atoms with Gasteiger partial charge in [0.1, 0.15) is 17.0 Å². The number of nitrogens with zero attached hydrogens (tertiary/aromatic N) is 2. The number of aromatic nitrogens is 1. The molecule has 0 spiro atoms. The van der Waals surface area contributed by atoms with Gasteiger partial charge in [-0.3, -0.25) is 15.1 Å². The Bertz CT molecular complexity index is 1300. The third kappa shape index (κ3) is 9.54. The van der Waals surface area contributed by atoms with E-state index in [9.17, 15) is 14.4 Å². The summed E-state index contributed by atoms with van der Waals surface area (Å²) >= 11 is 1.32. The third-order valence-electron chi connectivity index (χ3n) is 5.47. The van der Waals surface area contributed by atoms with Gasteiger partial charge >= 0.3 is 12.1 Å². The molecule has 1 unspecified atom stereocenters. The molecule has 0 aliphatic carbocycles. The van der Waals surface area contributed by atoms with E-state index in [0.29, 0.717) is 29.2 Å². The van der Waals surface area contributed by atoms with E-state index in [4.69, 9.17) is 9.47 Å². The zero-order chi connectivity index (χ0) is 29.3. The van der Waals surface area contributed by atoms with Crippen molar-refractivity contribution in [1.82, 2.24) is 15.2 Å². The standard InChI is InChI=1S/C28H36N6O5S/c1-28(2,3)39-27(37)33-24-17-40-16-23(24)31-25(35)22-11-10-18(15-29-22)21(12-13-34(4)5)32-26(36)30-19-8-7-9-20(14-19)38-6/h7-11,14-17,21H,12-13H2,1-6H3,(H,31,35)(H,33,37)(H2,30,32,36). The van der Waals surface area contributed by atoms with Gasteiger partial charge in [0, 0.05) is 28.7 Å². The number of hydrogen-bond acceptors (Lipinski definition) is 8. The average Bonchev–Trinajstić information content (AvgIpc) is 3.31. The maximum Gasteiger partial charge on any atom is 0.412 e. The van der Waals surface area contributed by atoms with E-state index in [1.165, 1.54) is 11.3 Å². The average molecular weight is 569 g/mol. The Morgan fingerprint density at radius 3 is 2.38 bits per heavy atom. The van der Waals surface area contributed by atoms with E-state index < -0.39 is 17.6 Å². The summed E-state index contributed by atoms with van der Waals surface area (Å²) in [5.41, 5.74) is 1.75. The molecule has 2 heterocycles. The predicted molar refractivity (Wildman–Crippen MR) is 157 cm³/mol. The minimum Gasteiger partial charge on any atom is -0.497 e. The summed E-state index contributed by atoms with van der Waals surface area (Å²) < 4.78 is 10.5. The van der Waals surface area contributed by atoms with Gasteiger partial charge in [-0.2, -0.15) is 0 Å². The Kier molecular flexibility index (Phi) is 10.5. The second kappa shape index (κ2) is 13.8. The number of carbonyl (C=O) groups excluding carboxylic acids is 3. The summed E-state index contributed by atoms with van der Waals surface area (Å²) in [6.07, 6.45) is 1.59. The zero-order valence-electron chi connectivity index (χ0n) is 23.5. The summed E-state index contributed by atoms with van der Waals surface area (Å²) in [4.78, 5) is 44.2. The topological polar surface area (TPSA) is 134 Å². The molecule has 0 fully saturated rings. The highest BCUT2D eigenvalue weighted by Gasteiger charge is 2.20. The number of anilines is 3. The molecule has 4 N–H and O–H groups in total. The number of amides is 4. The van der Waals surface area contributed by atoms with Crippen LogP contribution in [0.4, 0.5) is 26.7 Å². The van der Waals surface area contributed by atoms with E-state index in [1.54, 1.807) is 81.2 Å². The van der Waals surface area contributed by atoms with Gasteiger partial charge in [-0.05, 0) is 71.6 Å². The van der Waals surface area contributed by atoms with E-state index in [1.807, 2.05) is 19.0 Å². The minimum absolute atomic E-state index is 0.186. The lowest BCUT2D eigenvalue weighted by atomic mass is 10.1. The van der Waals surface area contributed by atoms with Crippen LogP contribution in [-0.4, -0.2) is 61.3 Å². The van der Waals surface area contributed by atoms with Crippen molar-refractivity contribution in [3.8, 4) is 5.75 Å². The molecular weight excluding hydrogens is 532 g/mol. The van der Waals surface area contributed by atoms with Gasteiger partial charge in [0.2, 0.25) is 0 Å². The van der Waals surface area contributed by atoms with E-state index in [0.717, 1.165) is 12.1 Å². The summed E-state index contributed by atoms with van der Waals surface area (Å²) in [7, 11) is 5.47. The van der Waals surface area contributed by atoms with Gasteiger partial charge in [-0.1, -0.05) is 12.1 Å². The van der Waals surface area contributed by atoms with Gasteiger partial charge in [0.05, 0.1) is 24.5 Å². The van der Waals surface area contributed by atoms with Crippen LogP contribution in [-0.2, 0) is 4.74 Å². The number of hydrogen-bond donors (Lipinski definition) is 4. The van der Waals surface area contributed by atoms with Gasteiger partial charge in [0.15, 0.2) is 0 Å². The fourth-order valence-corrected chi connectivity index (χ4v) is 4.28. The highest BCUT2D eigenvalue weighted by Crippen LogP contribution is 2.28. The quantitative estimate of drug-likeness (QED) is 0.251. The molecule has 214 valence electrons. The highest BCUT2D eigenvalue weighted by atomic mass is 32.1. The van der Waals surface area contributed by atoms with Crippen LogP contribution >= 0.6 is 11.3 Å².